The van der Waals surface area contributed by atoms with Crippen molar-refractivity contribution in [3.05, 3.63) is 29.1 Å². The van der Waals surface area contributed by atoms with Crippen LogP contribution in [0.1, 0.15) is 36.0 Å². The number of nitrogens with one attached hydrogen (secondary N) is 1. The number of phenolic OH excluding ortho intramolecular Hbond substituents is 1. The van der Waals surface area contributed by atoms with Crippen molar-refractivity contribution in [2.45, 2.75) is 31.8 Å². The van der Waals surface area contributed by atoms with E-state index < -0.39 is 34.7 Å². The van der Waals surface area contributed by atoms with Gasteiger partial charge in [0.2, 0.25) is 5.82 Å². The highest BCUT2D eigenvalue weighted by Gasteiger charge is 2.24. The van der Waals surface area contributed by atoms with Gasteiger partial charge in [0.15, 0.2) is 17.4 Å². The predicted octanol–water partition coefficient (Wildman–Crippen LogP) is 2.09. The molecule has 7 heteroatoms. The Morgan fingerprint density at radius 1 is 1.19 bits per heavy atom. The second-order valence-corrected chi connectivity index (χ2v) is 5.27. The Bertz CT molecular complexity index is 543. The van der Waals surface area contributed by atoms with E-state index in [-0.39, 0.29) is 18.6 Å². The minimum atomic E-state index is -1.72. The summed E-state index contributed by atoms with van der Waals surface area (Å²) < 4.78 is 39.6. The Hall–Kier alpha value is -1.76. The van der Waals surface area contributed by atoms with E-state index in [1.165, 1.54) is 0 Å². The van der Waals surface area contributed by atoms with Crippen LogP contribution in [0.3, 0.4) is 0 Å². The number of aromatic hydroxyl groups is 1. The molecular weight excluding hydrogens is 287 g/mol. The van der Waals surface area contributed by atoms with Crippen LogP contribution in [0.25, 0.3) is 0 Å². The highest BCUT2D eigenvalue weighted by molar-refractivity contribution is 5.94. The summed E-state index contributed by atoms with van der Waals surface area (Å²) in [6, 6.07) is 0.421. The fraction of sp³-hybridized carbons (Fsp3) is 0.500. The minimum absolute atomic E-state index is 0.152. The van der Waals surface area contributed by atoms with Gasteiger partial charge in [-0.05, 0) is 37.7 Å². The first-order valence-corrected chi connectivity index (χ1v) is 6.73. The molecule has 1 fully saturated rings. The maximum absolute atomic E-state index is 13.6. The number of halogens is 3. The first-order valence-electron chi connectivity index (χ1n) is 6.73. The topological polar surface area (TPSA) is 69.6 Å². The summed E-state index contributed by atoms with van der Waals surface area (Å²) in [6.45, 7) is 0.255. The fourth-order valence-corrected chi connectivity index (χ4v) is 2.44. The van der Waals surface area contributed by atoms with Crippen LogP contribution in [0, 0.1) is 23.4 Å². The predicted molar refractivity (Wildman–Crippen MR) is 68.3 cm³/mol. The zero-order valence-corrected chi connectivity index (χ0v) is 11.2. The van der Waals surface area contributed by atoms with Crippen molar-refractivity contribution < 1.29 is 28.2 Å². The monoisotopic (exact) mass is 303 g/mol. The molecular formula is C14H16F3NO3. The number of rotatable bonds is 3. The maximum Gasteiger partial charge on any atom is 0.254 e. The molecule has 0 radical (unpaired) electrons. The van der Waals surface area contributed by atoms with Gasteiger partial charge in [-0.15, -0.1) is 0 Å². The number of hydrogen-bond acceptors (Lipinski definition) is 3. The normalized spacial score (nSPS) is 22.1. The molecule has 1 saturated carbocycles. The molecule has 1 aromatic carbocycles. The third-order valence-corrected chi connectivity index (χ3v) is 3.75. The molecule has 1 aromatic rings. The standard InChI is InChI=1S/C14H16F3NO3/c15-10-5-9(11(16)13(20)12(10)17)14(21)18-6-7-1-3-8(19)4-2-7/h5,7-8,19-20H,1-4,6H2,(H,18,21). The Morgan fingerprint density at radius 2 is 1.81 bits per heavy atom. The van der Waals surface area contributed by atoms with Gasteiger partial charge in [0.05, 0.1) is 11.7 Å². The number of carbonyl (C=O) groups excluding carboxylic acids is 1. The highest BCUT2D eigenvalue weighted by Crippen LogP contribution is 2.26. The molecule has 0 bridgehead atoms. The summed E-state index contributed by atoms with van der Waals surface area (Å²) in [6.07, 6.45) is 2.42. The van der Waals surface area contributed by atoms with E-state index in [2.05, 4.69) is 5.32 Å². The number of hydrogen-bond donors (Lipinski definition) is 3. The molecule has 1 aliphatic rings. The highest BCUT2D eigenvalue weighted by atomic mass is 19.2. The Balaban J connectivity index is 2.01. The fourth-order valence-electron chi connectivity index (χ4n) is 2.44. The molecule has 0 spiro atoms. The van der Waals surface area contributed by atoms with Crippen molar-refractivity contribution >= 4 is 5.91 Å². The van der Waals surface area contributed by atoms with Crippen LogP contribution >= 0.6 is 0 Å². The Morgan fingerprint density at radius 3 is 2.43 bits per heavy atom. The smallest absolute Gasteiger partial charge is 0.254 e. The second-order valence-electron chi connectivity index (χ2n) is 5.27. The molecule has 2 rings (SSSR count). The molecule has 0 aromatic heterocycles. The van der Waals surface area contributed by atoms with Gasteiger partial charge in [-0.25, -0.2) is 8.78 Å². The van der Waals surface area contributed by atoms with Gasteiger partial charge in [0.1, 0.15) is 0 Å². The molecule has 3 N–H and O–H groups in total. The van der Waals surface area contributed by atoms with Gasteiger partial charge in [-0.1, -0.05) is 0 Å². The molecule has 1 amide bonds. The largest absolute Gasteiger partial charge is 0.503 e. The lowest BCUT2D eigenvalue weighted by Gasteiger charge is -2.25. The molecule has 0 unspecified atom stereocenters. The average molecular weight is 303 g/mol. The lowest BCUT2D eigenvalue weighted by molar-refractivity contribution is 0.0905. The molecule has 0 atom stereocenters. The van der Waals surface area contributed by atoms with Crippen molar-refractivity contribution in [1.82, 2.24) is 5.32 Å². The number of aliphatic hydroxyl groups is 1. The summed E-state index contributed by atoms with van der Waals surface area (Å²) in [7, 11) is 0. The molecule has 1 aliphatic carbocycles. The number of aliphatic hydroxyl groups excluding tert-OH is 1. The van der Waals surface area contributed by atoms with E-state index in [4.69, 9.17) is 5.11 Å². The summed E-state index contributed by atoms with van der Waals surface area (Å²) >= 11 is 0. The zero-order chi connectivity index (χ0) is 15.6. The zero-order valence-electron chi connectivity index (χ0n) is 11.2. The number of amides is 1. The number of phenols is 1. The maximum atomic E-state index is 13.6. The van der Waals surface area contributed by atoms with Crippen LogP contribution < -0.4 is 5.32 Å². The van der Waals surface area contributed by atoms with Gasteiger partial charge < -0.3 is 15.5 Å². The summed E-state index contributed by atoms with van der Waals surface area (Å²) in [5, 5.41) is 20.9. The van der Waals surface area contributed by atoms with Crippen LogP contribution in [0.4, 0.5) is 13.2 Å². The first-order chi connectivity index (χ1) is 9.90. The van der Waals surface area contributed by atoms with Crippen molar-refractivity contribution in [3.8, 4) is 5.75 Å². The minimum Gasteiger partial charge on any atom is -0.503 e. The van der Waals surface area contributed by atoms with Crippen LogP contribution in [0.2, 0.25) is 0 Å². The van der Waals surface area contributed by atoms with Gasteiger partial charge in [0, 0.05) is 6.54 Å². The van der Waals surface area contributed by atoms with Gasteiger partial charge in [0.25, 0.3) is 5.91 Å². The lowest BCUT2D eigenvalue weighted by atomic mass is 9.87. The van der Waals surface area contributed by atoms with Crippen LogP contribution in [-0.2, 0) is 0 Å². The first kappa shape index (κ1) is 15.6. The van der Waals surface area contributed by atoms with E-state index in [1.54, 1.807) is 0 Å². The molecule has 0 saturated heterocycles. The third-order valence-electron chi connectivity index (χ3n) is 3.75. The van der Waals surface area contributed by atoms with Crippen LogP contribution in [0.5, 0.6) is 5.75 Å². The molecule has 4 nitrogen and oxygen atoms in total. The van der Waals surface area contributed by atoms with Gasteiger partial charge in [-0.2, -0.15) is 4.39 Å². The SMILES string of the molecule is O=C(NCC1CCC(O)CC1)c1cc(F)c(F)c(O)c1F. The van der Waals surface area contributed by atoms with E-state index in [0.29, 0.717) is 18.9 Å². The molecule has 0 aliphatic heterocycles. The van der Waals surface area contributed by atoms with E-state index >= 15 is 0 Å². The number of benzene rings is 1. The molecule has 21 heavy (non-hydrogen) atoms. The van der Waals surface area contributed by atoms with Crippen molar-refractivity contribution in [2.75, 3.05) is 6.54 Å². The molecule has 0 heterocycles. The van der Waals surface area contributed by atoms with E-state index in [1.807, 2.05) is 0 Å². The van der Waals surface area contributed by atoms with Crippen molar-refractivity contribution in [1.29, 1.82) is 0 Å². The Kier molecular flexibility index (Phi) is 4.72. The second kappa shape index (κ2) is 6.34. The van der Waals surface area contributed by atoms with Gasteiger partial charge in [-0.3, -0.25) is 4.79 Å². The molecule has 116 valence electrons. The van der Waals surface area contributed by atoms with Crippen LogP contribution in [-0.4, -0.2) is 28.8 Å². The quantitative estimate of drug-likeness (QED) is 0.749. The summed E-state index contributed by atoms with van der Waals surface area (Å²) in [5.41, 5.74) is -0.734. The lowest BCUT2D eigenvalue weighted by Crippen LogP contribution is -2.32. The van der Waals surface area contributed by atoms with E-state index in [9.17, 15) is 23.1 Å². The summed E-state index contributed by atoms with van der Waals surface area (Å²) in [5.74, 6) is -6.94. The average Bonchev–Trinajstić information content (AvgIpc) is 2.48. The number of carbonyl (C=O) groups is 1. The van der Waals surface area contributed by atoms with Crippen LogP contribution in [0.15, 0.2) is 6.07 Å². The van der Waals surface area contributed by atoms with Crippen molar-refractivity contribution in [3.63, 3.8) is 0 Å². The van der Waals surface area contributed by atoms with Crippen molar-refractivity contribution in [2.24, 2.45) is 5.92 Å². The third kappa shape index (κ3) is 3.47. The van der Waals surface area contributed by atoms with E-state index in [0.717, 1.165) is 12.8 Å². The summed E-state index contributed by atoms with van der Waals surface area (Å²) in [4.78, 5) is 11.8. The Labute approximate surface area is 119 Å². The van der Waals surface area contributed by atoms with Gasteiger partial charge >= 0.3 is 0 Å².